The van der Waals surface area contributed by atoms with Gasteiger partial charge < -0.3 is 14.4 Å². The minimum Gasteiger partial charge on any atom is -0.481 e. The number of ketones is 1. The summed E-state index contributed by atoms with van der Waals surface area (Å²) in [7, 11) is 0. The third-order valence-corrected chi connectivity index (χ3v) is 5.10. The zero-order valence-electron chi connectivity index (χ0n) is 14.3. The molecular weight excluding hydrogens is 310 g/mol. The first-order valence-corrected chi connectivity index (χ1v) is 8.37. The molecule has 0 unspecified atom stereocenters. The van der Waals surface area contributed by atoms with E-state index in [4.69, 9.17) is 9.52 Å². The van der Waals surface area contributed by atoms with Crippen LogP contribution >= 0.6 is 0 Å². The highest BCUT2D eigenvalue weighted by Crippen LogP contribution is 2.38. The number of likely N-dealkylation sites (tertiary alicyclic amines) is 1. The predicted octanol–water partition coefficient (Wildman–Crippen LogP) is 2.68. The Morgan fingerprint density at radius 1 is 1.21 bits per heavy atom. The highest BCUT2D eigenvalue weighted by Gasteiger charge is 2.38. The van der Waals surface area contributed by atoms with Gasteiger partial charge in [0.2, 0.25) is 0 Å². The van der Waals surface area contributed by atoms with Gasteiger partial charge in [0.05, 0.1) is 11.5 Å². The number of carboxylic acids is 1. The minimum absolute atomic E-state index is 0.0335. The van der Waals surface area contributed by atoms with Crippen molar-refractivity contribution < 1.29 is 23.9 Å². The van der Waals surface area contributed by atoms with Crippen LogP contribution in [0.4, 0.5) is 0 Å². The van der Waals surface area contributed by atoms with E-state index in [1.54, 1.807) is 11.8 Å². The average Bonchev–Trinajstić information content (AvgIpc) is 2.82. The lowest BCUT2D eigenvalue weighted by molar-refractivity contribution is -0.143. The smallest absolute Gasteiger partial charge is 0.306 e. The summed E-state index contributed by atoms with van der Waals surface area (Å²) in [4.78, 5) is 37.8. The molecule has 0 spiro atoms. The van der Waals surface area contributed by atoms with Gasteiger partial charge in [-0.2, -0.15) is 0 Å². The SMILES string of the molecule is Cc1c(C(=O)N2CCC(C(=O)O)CC2)oc2c1C(=O)CC(C)(C)C2. The summed E-state index contributed by atoms with van der Waals surface area (Å²) in [6.45, 7) is 6.60. The predicted molar refractivity (Wildman–Crippen MR) is 86.1 cm³/mol. The molecule has 1 aromatic rings. The fraction of sp³-hybridized carbons (Fsp3) is 0.611. The Labute approximate surface area is 140 Å². The molecule has 1 amide bonds. The van der Waals surface area contributed by atoms with Crippen molar-refractivity contribution in [2.75, 3.05) is 13.1 Å². The maximum absolute atomic E-state index is 12.8. The Balaban J connectivity index is 1.83. The van der Waals surface area contributed by atoms with Crippen molar-refractivity contribution in [2.24, 2.45) is 11.3 Å². The highest BCUT2D eigenvalue weighted by atomic mass is 16.4. The van der Waals surface area contributed by atoms with Crippen molar-refractivity contribution in [1.29, 1.82) is 0 Å². The van der Waals surface area contributed by atoms with E-state index in [0.29, 0.717) is 55.7 Å². The summed E-state index contributed by atoms with van der Waals surface area (Å²) < 4.78 is 5.80. The molecule has 1 aliphatic carbocycles. The van der Waals surface area contributed by atoms with Crippen LogP contribution in [-0.4, -0.2) is 40.8 Å². The molecular formula is C18H23NO5. The number of carboxylic acid groups (broad SMARTS) is 1. The molecule has 0 bridgehead atoms. The molecule has 1 saturated heterocycles. The Kier molecular flexibility index (Phi) is 4.01. The van der Waals surface area contributed by atoms with Crippen LogP contribution in [-0.2, 0) is 11.2 Å². The number of carbonyl (C=O) groups excluding carboxylic acids is 2. The van der Waals surface area contributed by atoms with E-state index in [1.165, 1.54) is 0 Å². The Morgan fingerprint density at radius 3 is 2.42 bits per heavy atom. The van der Waals surface area contributed by atoms with E-state index in [-0.39, 0.29) is 28.8 Å². The maximum Gasteiger partial charge on any atom is 0.306 e. The van der Waals surface area contributed by atoms with Gasteiger partial charge in [-0.3, -0.25) is 14.4 Å². The van der Waals surface area contributed by atoms with Gasteiger partial charge >= 0.3 is 5.97 Å². The largest absolute Gasteiger partial charge is 0.481 e. The molecule has 3 rings (SSSR count). The molecule has 0 saturated carbocycles. The molecule has 24 heavy (non-hydrogen) atoms. The molecule has 2 heterocycles. The fourth-order valence-electron chi connectivity index (χ4n) is 3.76. The van der Waals surface area contributed by atoms with Crippen molar-refractivity contribution in [1.82, 2.24) is 4.90 Å². The van der Waals surface area contributed by atoms with Crippen molar-refractivity contribution in [3.63, 3.8) is 0 Å². The molecule has 1 aliphatic heterocycles. The van der Waals surface area contributed by atoms with Crippen LogP contribution in [0.5, 0.6) is 0 Å². The number of rotatable bonds is 2. The van der Waals surface area contributed by atoms with Crippen LogP contribution in [0.1, 0.15) is 65.3 Å². The summed E-state index contributed by atoms with van der Waals surface area (Å²) >= 11 is 0. The summed E-state index contributed by atoms with van der Waals surface area (Å²) in [5.74, 6) is -0.554. The lowest BCUT2D eigenvalue weighted by atomic mass is 9.76. The van der Waals surface area contributed by atoms with E-state index in [1.807, 2.05) is 13.8 Å². The molecule has 1 aromatic heterocycles. The monoisotopic (exact) mass is 333 g/mol. The molecule has 130 valence electrons. The molecule has 6 nitrogen and oxygen atoms in total. The molecule has 0 radical (unpaired) electrons. The van der Waals surface area contributed by atoms with E-state index < -0.39 is 5.97 Å². The maximum atomic E-state index is 12.8. The van der Waals surface area contributed by atoms with Crippen molar-refractivity contribution in [2.45, 2.75) is 46.5 Å². The van der Waals surface area contributed by atoms with Gasteiger partial charge in [0.1, 0.15) is 5.76 Å². The molecule has 0 atom stereocenters. The average molecular weight is 333 g/mol. The fourth-order valence-corrected chi connectivity index (χ4v) is 3.76. The second-order valence-electron chi connectivity index (χ2n) is 7.70. The number of piperidine rings is 1. The van der Waals surface area contributed by atoms with Crippen molar-refractivity contribution >= 4 is 17.7 Å². The first-order chi connectivity index (χ1) is 11.2. The third kappa shape index (κ3) is 2.85. The second kappa shape index (κ2) is 5.76. The van der Waals surface area contributed by atoms with E-state index >= 15 is 0 Å². The molecule has 0 aromatic carbocycles. The molecule has 2 aliphatic rings. The van der Waals surface area contributed by atoms with Crippen LogP contribution in [0.3, 0.4) is 0 Å². The lowest BCUT2D eigenvalue weighted by Gasteiger charge is -2.29. The molecule has 1 fully saturated rings. The van der Waals surface area contributed by atoms with Gasteiger partial charge in [0.15, 0.2) is 11.5 Å². The van der Waals surface area contributed by atoms with Crippen LogP contribution in [0.15, 0.2) is 4.42 Å². The van der Waals surface area contributed by atoms with Crippen molar-refractivity contribution in [3.8, 4) is 0 Å². The summed E-state index contributed by atoms with van der Waals surface area (Å²) in [6.07, 6.45) is 2.00. The van der Waals surface area contributed by atoms with E-state index in [9.17, 15) is 14.4 Å². The zero-order valence-corrected chi connectivity index (χ0v) is 14.3. The topological polar surface area (TPSA) is 87.8 Å². The number of nitrogens with zero attached hydrogens (tertiary/aromatic N) is 1. The van der Waals surface area contributed by atoms with Gasteiger partial charge in [0.25, 0.3) is 5.91 Å². The second-order valence-corrected chi connectivity index (χ2v) is 7.70. The number of hydrogen-bond donors (Lipinski definition) is 1. The van der Waals surface area contributed by atoms with E-state index in [2.05, 4.69) is 0 Å². The zero-order chi connectivity index (χ0) is 17.6. The Hall–Kier alpha value is -2.11. The number of Topliss-reactive ketones (excluding diaryl/α,β-unsaturated/α-hetero) is 1. The standard InChI is InChI=1S/C18H23NO5/c1-10-14-12(20)8-18(2,3)9-13(14)24-15(10)16(21)19-6-4-11(5-7-19)17(22)23/h11H,4-9H2,1-3H3,(H,22,23). The normalized spacial score (nSPS) is 20.8. The van der Waals surface area contributed by atoms with Crippen molar-refractivity contribution in [3.05, 3.63) is 22.6 Å². The lowest BCUT2D eigenvalue weighted by Crippen LogP contribution is -2.40. The highest BCUT2D eigenvalue weighted by molar-refractivity contribution is 6.03. The van der Waals surface area contributed by atoms with Crippen LogP contribution < -0.4 is 0 Å². The summed E-state index contributed by atoms with van der Waals surface area (Å²) in [5, 5.41) is 9.05. The number of hydrogen-bond acceptors (Lipinski definition) is 4. The number of amides is 1. The Bertz CT molecular complexity index is 707. The number of furan rings is 1. The minimum atomic E-state index is -0.806. The van der Waals surface area contributed by atoms with Crippen LogP contribution in [0.2, 0.25) is 0 Å². The number of fused-ring (bicyclic) bond motifs is 1. The van der Waals surface area contributed by atoms with Gasteiger partial charge in [0, 0.05) is 31.5 Å². The van der Waals surface area contributed by atoms with E-state index in [0.717, 1.165) is 0 Å². The van der Waals surface area contributed by atoms with Gasteiger partial charge in [-0.15, -0.1) is 0 Å². The van der Waals surface area contributed by atoms with Gasteiger partial charge in [-0.05, 0) is 25.2 Å². The first kappa shape index (κ1) is 16.7. The molecule has 1 N–H and O–H groups in total. The van der Waals surface area contributed by atoms with Gasteiger partial charge in [-0.25, -0.2) is 0 Å². The number of carbonyl (C=O) groups is 3. The molecule has 6 heteroatoms. The Morgan fingerprint density at radius 2 is 1.83 bits per heavy atom. The van der Waals surface area contributed by atoms with Crippen LogP contribution in [0.25, 0.3) is 0 Å². The first-order valence-electron chi connectivity index (χ1n) is 8.37. The van der Waals surface area contributed by atoms with Gasteiger partial charge in [-0.1, -0.05) is 13.8 Å². The number of aliphatic carboxylic acids is 1. The summed E-state index contributed by atoms with van der Waals surface area (Å²) in [5.41, 5.74) is 1.03. The third-order valence-electron chi connectivity index (χ3n) is 5.10. The quantitative estimate of drug-likeness (QED) is 0.899. The van der Waals surface area contributed by atoms with Crippen LogP contribution in [0, 0.1) is 18.3 Å². The summed E-state index contributed by atoms with van der Waals surface area (Å²) in [6, 6.07) is 0.